The number of nitrogens with zero attached hydrogens (tertiary/aromatic N) is 2. The molecule has 108 valence electrons. The van der Waals surface area contributed by atoms with Crippen molar-refractivity contribution in [3.05, 3.63) is 52.5 Å². The topological polar surface area (TPSA) is 81.2 Å². The highest BCUT2D eigenvalue weighted by Gasteiger charge is 2.13. The molecule has 0 aliphatic rings. The third-order valence-electron chi connectivity index (χ3n) is 2.33. The van der Waals surface area contributed by atoms with Crippen molar-refractivity contribution in [1.29, 1.82) is 0 Å². The second kappa shape index (κ2) is 7.01. The molecule has 1 aromatic heterocycles. The van der Waals surface area contributed by atoms with Crippen molar-refractivity contribution >= 4 is 40.8 Å². The van der Waals surface area contributed by atoms with Crippen LogP contribution in [0.25, 0.3) is 0 Å². The number of amides is 1. The molecule has 1 N–H and O–H groups in total. The van der Waals surface area contributed by atoms with Gasteiger partial charge in [-0.2, -0.15) is 0 Å². The predicted molar refractivity (Wildman–Crippen MR) is 77.4 cm³/mol. The van der Waals surface area contributed by atoms with E-state index in [2.05, 4.69) is 15.3 Å². The summed E-state index contributed by atoms with van der Waals surface area (Å²) in [5.74, 6) is -1.29. The number of halogens is 2. The van der Waals surface area contributed by atoms with Crippen molar-refractivity contribution in [2.24, 2.45) is 0 Å². The maximum absolute atomic E-state index is 11.7. The van der Waals surface area contributed by atoms with Crippen LogP contribution in [0.15, 0.2) is 36.8 Å². The van der Waals surface area contributed by atoms with Gasteiger partial charge in [-0.25, -0.2) is 9.78 Å². The number of esters is 1. The molecular weight excluding hydrogens is 317 g/mol. The Kier molecular flexibility index (Phi) is 5.08. The van der Waals surface area contributed by atoms with Crippen LogP contribution in [-0.4, -0.2) is 28.5 Å². The number of rotatable bonds is 4. The van der Waals surface area contributed by atoms with Gasteiger partial charge in [0, 0.05) is 12.4 Å². The molecule has 0 saturated carbocycles. The molecule has 21 heavy (non-hydrogen) atoms. The summed E-state index contributed by atoms with van der Waals surface area (Å²) in [6, 6.07) is 4.81. The largest absolute Gasteiger partial charge is 0.451 e. The molecule has 6 nitrogen and oxygen atoms in total. The lowest BCUT2D eigenvalue weighted by molar-refractivity contribution is -0.119. The molecule has 1 aromatic carbocycles. The molecule has 2 rings (SSSR count). The molecule has 0 fully saturated rings. The maximum atomic E-state index is 11.7. The summed E-state index contributed by atoms with van der Waals surface area (Å²) in [6.45, 7) is -0.474. The van der Waals surface area contributed by atoms with E-state index < -0.39 is 18.5 Å². The Morgan fingerprint density at radius 2 is 2.05 bits per heavy atom. The maximum Gasteiger partial charge on any atom is 0.359 e. The highest BCUT2D eigenvalue weighted by atomic mass is 35.5. The zero-order valence-corrected chi connectivity index (χ0v) is 12.1. The lowest BCUT2D eigenvalue weighted by Gasteiger charge is -2.08. The van der Waals surface area contributed by atoms with Crippen LogP contribution in [-0.2, 0) is 9.53 Å². The molecule has 0 aliphatic heterocycles. The quantitative estimate of drug-likeness (QED) is 0.874. The molecule has 0 aliphatic carbocycles. The Hall–Kier alpha value is -2.18. The fraction of sp³-hybridized carbons (Fsp3) is 0.0769. The first kappa shape index (κ1) is 15.2. The van der Waals surface area contributed by atoms with E-state index in [0.717, 1.165) is 0 Å². The van der Waals surface area contributed by atoms with Crippen LogP contribution in [0.5, 0.6) is 0 Å². The van der Waals surface area contributed by atoms with Gasteiger partial charge in [-0.05, 0) is 12.1 Å². The Balaban J connectivity index is 1.91. The summed E-state index contributed by atoms with van der Waals surface area (Å²) in [7, 11) is 0. The average Bonchev–Trinajstić information content (AvgIpc) is 2.50. The van der Waals surface area contributed by atoms with Crippen molar-refractivity contribution in [2.45, 2.75) is 0 Å². The van der Waals surface area contributed by atoms with Gasteiger partial charge in [-0.15, -0.1) is 0 Å². The van der Waals surface area contributed by atoms with Crippen LogP contribution in [0, 0.1) is 0 Å². The highest BCUT2D eigenvalue weighted by Crippen LogP contribution is 2.29. The number of benzene rings is 1. The number of ether oxygens (including phenoxy) is 1. The standard InChI is InChI=1S/C13H9Cl2N3O3/c14-8-2-1-3-9(12(8)15)18-11(19)7-21-13(20)10-6-16-4-5-17-10/h1-6H,7H2,(H,18,19). The monoisotopic (exact) mass is 325 g/mol. The summed E-state index contributed by atoms with van der Waals surface area (Å²) in [5.41, 5.74) is 0.357. The van der Waals surface area contributed by atoms with Crippen LogP contribution in [0.1, 0.15) is 10.5 Å². The van der Waals surface area contributed by atoms with Gasteiger partial charge in [0.15, 0.2) is 12.3 Å². The van der Waals surface area contributed by atoms with Crippen LogP contribution in [0.4, 0.5) is 5.69 Å². The minimum absolute atomic E-state index is 0.0195. The fourth-order valence-corrected chi connectivity index (χ4v) is 1.74. The van der Waals surface area contributed by atoms with E-state index in [9.17, 15) is 9.59 Å². The van der Waals surface area contributed by atoms with Crippen molar-refractivity contribution < 1.29 is 14.3 Å². The number of hydrogen-bond acceptors (Lipinski definition) is 5. The normalized spacial score (nSPS) is 10.0. The molecule has 1 amide bonds. The van der Waals surface area contributed by atoms with Gasteiger partial charge in [0.2, 0.25) is 0 Å². The number of aromatic nitrogens is 2. The van der Waals surface area contributed by atoms with Gasteiger partial charge in [0.1, 0.15) is 0 Å². The first-order valence-corrected chi connectivity index (χ1v) is 6.50. The van der Waals surface area contributed by atoms with Crippen molar-refractivity contribution in [3.63, 3.8) is 0 Å². The molecule has 0 spiro atoms. The van der Waals surface area contributed by atoms with E-state index in [-0.39, 0.29) is 10.7 Å². The first-order chi connectivity index (χ1) is 10.1. The number of carbonyl (C=O) groups excluding carboxylic acids is 2. The molecule has 8 heteroatoms. The average molecular weight is 326 g/mol. The highest BCUT2D eigenvalue weighted by molar-refractivity contribution is 6.44. The Morgan fingerprint density at radius 1 is 1.24 bits per heavy atom. The van der Waals surface area contributed by atoms with Crippen LogP contribution >= 0.6 is 23.2 Å². The number of hydrogen-bond donors (Lipinski definition) is 1. The van der Waals surface area contributed by atoms with Gasteiger partial charge < -0.3 is 10.1 Å². The van der Waals surface area contributed by atoms with Crippen molar-refractivity contribution in [1.82, 2.24) is 9.97 Å². The van der Waals surface area contributed by atoms with E-state index in [1.54, 1.807) is 18.2 Å². The summed E-state index contributed by atoms with van der Waals surface area (Å²) >= 11 is 11.7. The molecular formula is C13H9Cl2N3O3. The lowest BCUT2D eigenvalue weighted by atomic mass is 10.3. The van der Waals surface area contributed by atoms with Crippen LogP contribution < -0.4 is 5.32 Å². The lowest BCUT2D eigenvalue weighted by Crippen LogP contribution is -2.21. The van der Waals surface area contributed by atoms with E-state index in [4.69, 9.17) is 27.9 Å². The van der Waals surface area contributed by atoms with E-state index in [1.807, 2.05) is 0 Å². The van der Waals surface area contributed by atoms with E-state index in [1.165, 1.54) is 18.6 Å². The predicted octanol–water partition coefficient (Wildman–Crippen LogP) is 2.58. The SMILES string of the molecule is O=C(COC(=O)c1cnccn1)Nc1cccc(Cl)c1Cl. The Morgan fingerprint density at radius 3 is 2.76 bits per heavy atom. The van der Waals surface area contributed by atoms with Gasteiger partial charge in [-0.1, -0.05) is 29.3 Å². The number of carbonyl (C=O) groups is 2. The van der Waals surface area contributed by atoms with Gasteiger partial charge in [-0.3, -0.25) is 9.78 Å². The molecule has 0 bridgehead atoms. The molecule has 0 unspecified atom stereocenters. The molecule has 0 saturated heterocycles. The minimum Gasteiger partial charge on any atom is -0.451 e. The third-order valence-corrected chi connectivity index (χ3v) is 3.15. The molecule has 1 heterocycles. The summed E-state index contributed by atoms with van der Waals surface area (Å²) < 4.78 is 4.80. The van der Waals surface area contributed by atoms with Gasteiger partial charge in [0.25, 0.3) is 5.91 Å². The fourth-order valence-electron chi connectivity index (χ4n) is 1.40. The molecule has 2 aromatic rings. The van der Waals surface area contributed by atoms with Crippen LogP contribution in [0.2, 0.25) is 10.0 Å². The number of anilines is 1. The summed E-state index contributed by atoms with van der Waals surface area (Å²) in [6.07, 6.45) is 4.01. The van der Waals surface area contributed by atoms with Gasteiger partial charge in [0.05, 0.1) is 21.9 Å². The number of nitrogens with one attached hydrogen (secondary N) is 1. The van der Waals surface area contributed by atoms with Crippen molar-refractivity contribution in [2.75, 3.05) is 11.9 Å². The summed E-state index contributed by atoms with van der Waals surface area (Å²) in [5, 5.41) is 3.02. The Bertz CT molecular complexity index is 665. The van der Waals surface area contributed by atoms with Gasteiger partial charge >= 0.3 is 5.97 Å². The Labute approximate surface area is 130 Å². The third kappa shape index (κ3) is 4.14. The van der Waals surface area contributed by atoms with E-state index in [0.29, 0.717) is 10.7 Å². The minimum atomic E-state index is -0.740. The second-order valence-corrected chi connectivity index (χ2v) is 4.60. The molecule has 0 radical (unpaired) electrons. The summed E-state index contributed by atoms with van der Waals surface area (Å²) in [4.78, 5) is 30.7. The second-order valence-electron chi connectivity index (χ2n) is 3.82. The zero-order valence-electron chi connectivity index (χ0n) is 10.5. The smallest absolute Gasteiger partial charge is 0.359 e. The van der Waals surface area contributed by atoms with E-state index >= 15 is 0 Å². The van der Waals surface area contributed by atoms with Crippen molar-refractivity contribution in [3.8, 4) is 0 Å². The van der Waals surface area contributed by atoms with Crippen LogP contribution in [0.3, 0.4) is 0 Å². The zero-order chi connectivity index (χ0) is 15.2. The first-order valence-electron chi connectivity index (χ1n) is 5.75. The molecule has 0 atom stereocenters.